The van der Waals surface area contributed by atoms with Gasteiger partial charge in [-0.2, -0.15) is 13.2 Å². The minimum absolute atomic E-state index is 0.396. The molecule has 0 aliphatic heterocycles. The maximum absolute atomic E-state index is 12.5. The summed E-state index contributed by atoms with van der Waals surface area (Å²) in [6, 6.07) is 10.6. The molecule has 0 aliphatic rings. The molecule has 0 heterocycles. The highest BCUT2D eigenvalue weighted by Gasteiger charge is 2.30. The van der Waals surface area contributed by atoms with Crippen molar-refractivity contribution in [1.29, 1.82) is 0 Å². The average Bonchev–Trinajstić information content (AvgIpc) is 2.43. The zero-order valence-electron chi connectivity index (χ0n) is 11.3. The third-order valence-corrected chi connectivity index (χ3v) is 4.27. The van der Waals surface area contributed by atoms with Gasteiger partial charge in [0, 0.05) is 4.47 Å². The van der Waals surface area contributed by atoms with Crippen LogP contribution in [0.3, 0.4) is 0 Å². The maximum atomic E-state index is 12.5. The van der Waals surface area contributed by atoms with Crippen molar-refractivity contribution in [3.63, 3.8) is 0 Å². The van der Waals surface area contributed by atoms with Crippen LogP contribution in [0.15, 0.2) is 46.9 Å². The lowest BCUT2D eigenvalue weighted by molar-refractivity contribution is -0.137. The van der Waals surface area contributed by atoms with Crippen LogP contribution < -0.4 is 10.9 Å². The second-order valence-electron chi connectivity index (χ2n) is 4.72. The van der Waals surface area contributed by atoms with E-state index in [0.717, 1.165) is 27.7 Å². The van der Waals surface area contributed by atoms with Crippen LogP contribution in [0.1, 0.15) is 16.7 Å². The number of nitrogens with zero attached hydrogens (tertiary/aromatic N) is 1. The van der Waals surface area contributed by atoms with E-state index in [0.29, 0.717) is 12.2 Å². The molecule has 2 rings (SSSR count). The number of alkyl halides is 3. The van der Waals surface area contributed by atoms with Crippen LogP contribution in [0.2, 0.25) is 0 Å². The normalized spacial score (nSPS) is 11.5. The predicted octanol–water partition coefficient (Wildman–Crippen LogP) is 4.66. The third kappa shape index (κ3) is 3.77. The van der Waals surface area contributed by atoms with Crippen LogP contribution in [0.25, 0.3) is 0 Å². The summed E-state index contributed by atoms with van der Waals surface area (Å²) in [6.45, 7) is 2.36. The molecule has 0 amide bonds. The van der Waals surface area contributed by atoms with E-state index in [1.807, 2.05) is 25.1 Å². The van der Waals surface area contributed by atoms with Crippen molar-refractivity contribution in [3.05, 3.63) is 63.6 Å². The van der Waals surface area contributed by atoms with Gasteiger partial charge in [0.1, 0.15) is 0 Å². The Morgan fingerprint density at radius 3 is 2.29 bits per heavy atom. The van der Waals surface area contributed by atoms with Gasteiger partial charge in [-0.3, -0.25) is 0 Å². The Labute approximate surface area is 129 Å². The van der Waals surface area contributed by atoms with E-state index in [1.54, 1.807) is 0 Å². The first-order chi connectivity index (χ1) is 9.79. The van der Waals surface area contributed by atoms with Gasteiger partial charge in [0.2, 0.25) is 0 Å². The van der Waals surface area contributed by atoms with Gasteiger partial charge in [-0.1, -0.05) is 34.1 Å². The fourth-order valence-corrected chi connectivity index (χ4v) is 2.34. The second kappa shape index (κ2) is 6.07. The van der Waals surface area contributed by atoms with Gasteiger partial charge in [-0.05, 0) is 42.3 Å². The fourth-order valence-electron chi connectivity index (χ4n) is 1.95. The molecule has 0 radical (unpaired) electrons. The van der Waals surface area contributed by atoms with Gasteiger partial charge in [0.05, 0.1) is 17.8 Å². The lowest BCUT2D eigenvalue weighted by atomic mass is 10.1. The van der Waals surface area contributed by atoms with E-state index in [1.165, 1.54) is 17.1 Å². The Bertz CT molecular complexity index is 624. The topological polar surface area (TPSA) is 29.3 Å². The summed E-state index contributed by atoms with van der Waals surface area (Å²) >= 11 is 3.49. The Balaban J connectivity index is 2.17. The molecule has 0 atom stereocenters. The Hall–Kier alpha value is -1.53. The van der Waals surface area contributed by atoms with Gasteiger partial charge in [-0.15, -0.1) is 0 Å². The molecular weight excluding hydrogens is 345 g/mol. The molecule has 2 aromatic rings. The minimum Gasteiger partial charge on any atom is -0.307 e. The first kappa shape index (κ1) is 15.9. The molecule has 112 valence electrons. The number of hydrazine groups is 1. The van der Waals surface area contributed by atoms with Crippen molar-refractivity contribution >= 4 is 21.6 Å². The number of hydrogen-bond donors (Lipinski definition) is 1. The van der Waals surface area contributed by atoms with Crippen molar-refractivity contribution in [2.24, 2.45) is 5.84 Å². The number of hydrogen-bond acceptors (Lipinski definition) is 2. The molecule has 2 aromatic carbocycles. The van der Waals surface area contributed by atoms with Crippen LogP contribution >= 0.6 is 15.9 Å². The first-order valence-electron chi connectivity index (χ1n) is 6.22. The second-order valence-corrected chi connectivity index (χ2v) is 5.51. The lowest BCUT2D eigenvalue weighted by Gasteiger charge is -2.20. The maximum Gasteiger partial charge on any atom is 0.416 e. The highest BCUT2D eigenvalue weighted by molar-refractivity contribution is 9.10. The van der Waals surface area contributed by atoms with Crippen molar-refractivity contribution in [1.82, 2.24) is 0 Å². The molecule has 0 saturated carbocycles. The fraction of sp³-hybridized carbons (Fsp3) is 0.200. The Morgan fingerprint density at radius 2 is 1.71 bits per heavy atom. The van der Waals surface area contributed by atoms with E-state index in [-0.39, 0.29) is 0 Å². The highest BCUT2D eigenvalue weighted by Crippen LogP contribution is 2.30. The number of benzene rings is 2. The summed E-state index contributed by atoms with van der Waals surface area (Å²) in [5.74, 6) is 5.94. The van der Waals surface area contributed by atoms with Gasteiger partial charge in [0.15, 0.2) is 0 Å². The van der Waals surface area contributed by atoms with E-state index < -0.39 is 11.7 Å². The monoisotopic (exact) mass is 358 g/mol. The summed E-state index contributed by atoms with van der Waals surface area (Å²) in [6.07, 6.45) is -4.34. The van der Waals surface area contributed by atoms with Crippen LogP contribution in [0.4, 0.5) is 18.9 Å². The third-order valence-electron chi connectivity index (χ3n) is 3.14. The smallest absolute Gasteiger partial charge is 0.307 e. The molecule has 0 spiro atoms. The number of rotatable bonds is 3. The van der Waals surface area contributed by atoms with E-state index in [2.05, 4.69) is 15.9 Å². The zero-order valence-corrected chi connectivity index (χ0v) is 12.9. The van der Waals surface area contributed by atoms with Crippen molar-refractivity contribution in [2.45, 2.75) is 19.6 Å². The Kier molecular flexibility index (Phi) is 4.58. The molecule has 0 bridgehead atoms. The van der Waals surface area contributed by atoms with Crippen molar-refractivity contribution in [2.75, 3.05) is 5.01 Å². The summed E-state index contributed by atoms with van der Waals surface area (Å²) in [4.78, 5) is 0. The number of aryl methyl sites for hydroxylation is 1. The quantitative estimate of drug-likeness (QED) is 0.638. The summed E-state index contributed by atoms with van der Waals surface area (Å²) in [5.41, 5.74) is 1.89. The minimum atomic E-state index is -4.34. The first-order valence-corrected chi connectivity index (χ1v) is 7.02. The van der Waals surface area contributed by atoms with Crippen LogP contribution in [-0.4, -0.2) is 0 Å². The predicted molar refractivity (Wildman–Crippen MR) is 80.7 cm³/mol. The number of halogens is 4. The molecule has 0 aromatic heterocycles. The molecular formula is C15H14BrF3N2. The van der Waals surface area contributed by atoms with Crippen molar-refractivity contribution in [3.8, 4) is 0 Å². The molecule has 0 saturated heterocycles. The number of anilines is 1. The summed E-state index contributed by atoms with van der Waals surface area (Å²) < 4.78 is 38.5. The standard InChI is InChI=1S/C15H14BrF3N2/c1-10-3-2-4-11(14(10)16)9-21(20)13-7-5-12(6-8-13)15(17,18)19/h2-8H,9,20H2,1H3. The molecule has 0 unspecified atom stereocenters. The highest BCUT2D eigenvalue weighted by atomic mass is 79.9. The Morgan fingerprint density at radius 1 is 1.10 bits per heavy atom. The molecule has 2 N–H and O–H groups in total. The van der Waals surface area contributed by atoms with Gasteiger partial charge in [0.25, 0.3) is 0 Å². The van der Waals surface area contributed by atoms with Gasteiger partial charge in [-0.25, -0.2) is 5.84 Å². The molecule has 21 heavy (non-hydrogen) atoms. The SMILES string of the molecule is Cc1cccc(CN(N)c2ccc(C(F)(F)F)cc2)c1Br. The van der Waals surface area contributed by atoms with E-state index in [4.69, 9.17) is 5.84 Å². The largest absolute Gasteiger partial charge is 0.416 e. The molecule has 0 fully saturated rings. The van der Waals surface area contributed by atoms with E-state index >= 15 is 0 Å². The van der Waals surface area contributed by atoms with Crippen LogP contribution in [0.5, 0.6) is 0 Å². The van der Waals surface area contributed by atoms with Crippen LogP contribution in [-0.2, 0) is 12.7 Å². The molecule has 2 nitrogen and oxygen atoms in total. The summed E-state index contributed by atoms with van der Waals surface area (Å²) in [7, 11) is 0. The van der Waals surface area contributed by atoms with Crippen molar-refractivity contribution < 1.29 is 13.2 Å². The average molecular weight is 359 g/mol. The van der Waals surface area contributed by atoms with E-state index in [9.17, 15) is 13.2 Å². The lowest BCUT2D eigenvalue weighted by Crippen LogP contribution is -2.30. The number of nitrogens with two attached hydrogens (primary N) is 1. The summed E-state index contributed by atoms with van der Waals surface area (Å²) in [5, 5.41) is 1.42. The molecule has 6 heteroatoms. The van der Waals surface area contributed by atoms with Crippen LogP contribution in [0, 0.1) is 6.92 Å². The van der Waals surface area contributed by atoms with Gasteiger partial charge < -0.3 is 5.01 Å². The molecule has 0 aliphatic carbocycles. The zero-order chi connectivity index (χ0) is 15.6. The van der Waals surface area contributed by atoms with Gasteiger partial charge >= 0.3 is 6.18 Å².